The van der Waals surface area contributed by atoms with Crippen LogP contribution >= 0.6 is 15.9 Å². The van der Waals surface area contributed by atoms with Crippen LogP contribution in [0.5, 0.6) is 0 Å². The fraction of sp³-hybridized carbons (Fsp3) is 0.300. The summed E-state index contributed by atoms with van der Waals surface area (Å²) in [6.07, 6.45) is 0.382. The minimum absolute atomic E-state index is 0.212. The molecule has 2 heterocycles. The van der Waals surface area contributed by atoms with E-state index in [0.717, 1.165) is 4.47 Å². The third kappa shape index (κ3) is 8.62. The predicted molar refractivity (Wildman–Crippen MR) is 158 cm³/mol. The highest BCUT2D eigenvalue weighted by Crippen LogP contribution is 2.21. The first kappa shape index (κ1) is 29.7. The molecular weight excluding hydrogens is 590 g/mol. The van der Waals surface area contributed by atoms with Crippen molar-refractivity contribution in [3.63, 3.8) is 0 Å². The number of pyridine rings is 1. The lowest BCUT2D eigenvalue weighted by Gasteiger charge is -2.38. The molecule has 11 heteroatoms. The second-order valence-corrected chi connectivity index (χ2v) is 11.5. The topological polar surface area (TPSA) is 134 Å². The van der Waals surface area contributed by atoms with Crippen LogP contribution in [0.25, 0.3) is 0 Å². The normalized spacial score (nSPS) is 13.9. The number of ether oxygens (including phenoxy) is 2. The molecule has 0 radical (unpaired) electrons. The second kappa shape index (κ2) is 12.9. The Morgan fingerprint density at radius 2 is 1.68 bits per heavy atom. The fourth-order valence-corrected chi connectivity index (χ4v) is 4.28. The van der Waals surface area contributed by atoms with E-state index in [4.69, 9.17) is 14.9 Å². The molecule has 3 amide bonds. The van der Waals surface area contributed by atoms with E-state index in [2.05, 4.69) is 31.5 Å². The number of hydrogen-bond acceptors (Lipinski definition) is 7. The van der Waals surface area contributed by atoms with Gasteiger partial charge in [-0.15, -0.1) is 0 Å². The van der Waals surface area contributed by atoms with E-state index < -0.39 is 29.9 Å². The molecule has 4 rings (SSSR count). The summed E-state index contributed by atoms with van der Waals surface area (Å²) in [7, 11) is 0. The molecule has 1 aliphatic heterocycles. The summed E-state index contributed by atoms with van der Waals surface area (Å²) >= 11 is 3.37. The molecule has 3 N–H and O–H groups in total. The number of hydrogen-bond donors (Lipinski definition) is 3. The molecule has 1 unspecified atom stereocenters. The smallest absolute Gasteiger partial charge is 0.412 e. The van der Waals surface area contributed by atoms with E-state index in [1.165, 1.54) is 4.90 Å². The van der Waals surface area contributed by atoms with Gasteiger partial charge in [-0.1, -0.05) is 34.1 Å². The van der Waals surface area contributed by atoms with Gasteiger partial charge in [-0.2, -0.15) is 0 Å². The Balaban J connectivity index is 1.31. The Bertz CT molecular complexity index is 1390. The molecule has 3 aromatic rings. The maximum Gasteiger partial charge on any atom is 0.412 e. The van der Waals surface area contributed by atoms with Gasteiger partial charge in [-0.25, -0.2) is 9.59 Å². The Morgan fingerprint density at radius 1 is 1.02 bits per heavy atom. The van der Waals surface area contributed by atoms with Crippen LogP contribution < -0.4 is 10.6 Å². The van der Waals surface area contributed by atoms with Gasteiger partial charge in [0.25, 0.3) is 5.91 Å². The van der Waals surface area contributed by atoms with Crippen LogP contribution in [0, 0.1) is 5.41 Å². The molecule has 1 saturated heterocycles. The molecule has 1 atom stereocenters. The van der Waals surface area contributed by atoms with Gasteiger partial charge >= 0.3 is 12.2 Å². The van der Waals surface area contributed by atoms with Crippen molar-refractivity contribution in [1.29, 1.82) is 5.41 Å². The van der Waals surface area contributed by atoms with Crippen LogP contribution in [0.2, 0.25) is 0 Å². The summed E-state index contributed by atoms with van der Waals surface area (Å²) in [5, 5.41) is 14.4. The van der Waals surface area contributed by atoms with Gasteiger partial charge in [-0.3, -0.25) is 15.1 Å². The maximum atomic E-state index is 12.9. The largest absolute Gasteiger partial charge is 0.444 e. The van der Waals surface area contributed by atoms with Crippen LogP contribution in [-0.4, -0.2) is 58.5 Å². The van der Waals surface area contributed by atoms with Gasteiger partial charge in [0.05, 0.1) is 24.8 Å². The van der Waals surface area contributed by atoms with Gasteiger partial charge in [-0.05, 0) is 74.9 Å². The number of likely N-dealkylation sites (tertiary alicyclic amines) is 1. The zero-order valence-electron chi connectivity index (χ0n) is 23.0. The molecule has 2 aromatic carbocycles. The molecule has 0 saturated carbocycles. The zero-order chi connectivity index (χ0) is 29.6. The van der Waals surface area contributed by atoms with Crippen molar-refractivity contribution in [2.45, 2.75) is 44.9 Å². The summed E-state index contributed by atoms with van der Waals surface area (Å²) < 4.78 is 11.5. The highest BCUT2D eigenvalue weighted by molar-refractivity contribution is 9.10. The third-order valence-electron chi connectivity index (χ3n) is 6.12. The van der Waals surface area contributed by atoms with E-state index in [0.29, 0.717) is 28.2 Å². The van der Waals surface area contributed by atoms with Crippen molar-refractivity contribution in [1.82, 2.24) is 15.2 Å². The Labute approximate surface area is 247 Å². The number of aromatic nitrogens is 1. The molecule has 0 aliphatic carbocycles. The number of amides is 3. The van der Waals surface area contributed by atoms with E-state index in [1.54, 1.807) is 81.6 Å². The summed E-state index contributed by atoms with van der Waals surface area (Å²) in [6.45, 7) is 5.92. The molecule has 0 bridgehead atoms. The molecule has 1 fully saturated rings. The number of benzene rings is 2. The summed E-state index contributed by atoms with van der Waals surface area (Å²) in [4.78, 5) is 43.1. The number of nitrogens with one attached hydrogen (secondary N) is 3. The molecule has 10 nitrogen and oxygen atoms in total. The minimum Gasteiger partial charge on any atom is -0.444 e. The number of nitrogens with zero attached hydrogens (tertiary/aromatic N) is 2. The van der Waals surface area contributed by atoms with Gasteiger partial charge in [0.15, 0.2) is 0 Å². The summed E-state index contributed by atoms with van der Waals surface area (Å²) in [5.74, 6) is -0.264. The Morgan fingerprint density at radius 3 is 2.29 bits per heavy atom. The number of carbonyl (C=O) groups excluding carboxylic acids is 3. The Kier molecular flexibility index (Phi) is 9.38. The van der Waals surface area contributed by atoms with Crippen LogP contribution in [0.3, 0.4) is 0 Å². The number of rotatable bonds is 8. The Hall–Kier alpha value is -4.25. The van der Waals surface area contributed by atoms with Gasteiger partial charge in [0.1, 0.15) is 11.7 Å². The van der Waals surface area contributed by atoms with Crippen molar-refractivity contribution in [2.75, 3.05) is 18.4 Å². The van der Waals surface area contributed by atoms with Gasteiger partial charge < -0.3 is 25.1 Å². The van der Waals surface area contributed by atoms with E-state index in [1.807, 2.05) is 12.1 Å². The summed E-state index contributed by atoms with van der Waals surface area (Å²) in [6, 6.07) is 18.7. The molecule has 214 valence electrons. The number of anilines is 1. The lowest BCUT2D eigenvalue weighted by Crippen LogP contribution is -2.56. The zero-order valence-corrected chi connectivity index (χ0v) is 24.6. The predicted octanol–water partition coefficient (Wildman–Crippen LogP) is 5.94. The van der Waals surface area contributed by atoms with Crippen molar-refractivity contribution in [3.8, 4) is 0 Å². The van der Waals surface area contributed by atoms with Gasteiger partial charge in [0.2, 0.25) is 0 Å². The minimum atomic E-state index is -0.632. The maximum absolute atomic E-state index is 12.9. The van der Waals surface area contributed by atoms with Crippen LogP contribution in [0.15, 0.2) is 77.4 Å². The first-order chi connectivity index (χ1) is 19.5. The van der Waals surface area contributed by atoms with Gasteiger partial charge in [0, 0.05) is 34.1 Å². The van der Waals surface area contributed by atoms with Crippen molar-refractivity contribution >= 4 is 45.4 Å². The standard InChI is InChI=1S/C30H32BrN5O5/c1-30(2,3)41-29(39)36-17-23(18-36)40-28(38)34-22-13-9-19(10-14-22)24(32)16-26(25-6-4-5-15-33-25)35-27(37)20-7-11-21(31)12-8-20/h4-15,23,26,32H,16-18H2,1-3H3,(H,34,38)(H,35,37). The highest BCUT2D eigenvalue weighted by Gasteiger charge is 2.36. The first-order valence-electron chi connectivity index (χ1n) is 13.1. The molecule has 1 aliphatic rings. The molecular formula is C30H32BrN5O5. The van der Waals surface area contributed by atoms with E-state index in [9.17, 15) is 14.4 Å². The lowest BCUT2D eigenvalue weighted by molar-refractivity contribution is -0.0339. The SMILES string of the molecule is CC(C)(C)OC(=O)N1CC(OC(=O)Nc2ccc(C(=N)CC(NC(=O)c3ccc(Br)cc3)c3ccccn3)cc2)C1. The summed E-state index contributed by atoms with van der Waals surface area (Å²) in [5.41, 5.74) is 1.99. The van der Waals surface area contributed by atoms with Crippen LogP contribution in [0.4, 0.5) is 15.3 Å². The molecule has 1 aromatic heterocycles. The molecule has 0 spiro atoms. The fourth-order valence-electron chi connectivity index (χ4n) is 4.02. The third-order valence-corrected chi connectivity index (χ3v) is 6.65. The quantitative estimate of drug-likeness (QED) is 0.266. The van der Waals surface area contributed by atoms with Crippen LogP contribution in [0.1, 0.15) is 54.8 Å². The van der Waals surface area contributed by atoms with Crippen molar-refractivity contribution in [2.24, 2.45) is 0 Å². The lowest BCUT2D eigenvalue weighted by atomic mass is 9.99. The van der Waals surface area contributed by atoms with Crippen molar-refractivity contribution < 1.29 is 23.9 Å². The van der Waals surface area contributed by atoms with Crippen LogP contribution in [-0.2, 0) is 9.47 Å². The monoisotopic (exact) mass is 621 g/mol. The first-order valence-corrected chi connectivity index (χ1v) is 13.9. The second-order valence-electron chi connectivity index (χ2n) is 10.6. The number of carbonyl (C=O) groups is 3. The average molecular weight is 623 g/mol. The number of halogens is 1. The average Bonchev–Trinajstić information content (AvgIpc) is 2.90. The highest BCUT2D eigenvalue weighted by atomic mass is 79.9. The molecule has 41 heavy (non-hydrogen) atoms. The van der Waals surface area contributed by atoms with E-state index >= 15 is 0 Å². The van der Waals surface area contributed by atoms with Crippen molar-refractivity contribution in [3.05, 3.63) is 94.2 Å². The van der Waals surface area contributed by atoms with E-state index in [-0.39, 0.29) is 25.4 Å².